The Balaban J connectivity index is 2.12. The third-order valence-electron chi connectivity index (χ3n) is 3.32. The molecule has 19 heavy (non-hydrogen) atoms. The van der Waals surface area contributed by atoms with Crippen molar-refractivity contribution in [2.45, 2.75) is 19.8 Å². The number of rotatable bonds is 3. The SMILES string of the molecule is C/C(=N/O)c1ccccc1NC(=O)C1CCOCC1. The van der Waals surface area contributed by atoms with Crippen molar-refractivity contribution in [3.63, 3.8) is 0 Å². The molecule has 0 atom stereocenters. The minimum absolute atomic E-state index is 0.00138. The first kappa shape index (κ1) is 13.5. The molecule has 1 fully saturated rings. The number of anilines is 1. The van der Waals surface area contributed by atoms with Crippen LogP contribution in [0.4, 0.5) is 5.69 Å². The van der Waals surface area contributed by atoms with E-state index in [4.69, 9.17) is 9.94 Å². The fourth-order valence-electron chi connectivity index (χ4n) is 2.16. The molecule has 5 nitrogen and oxygen atoms in total. The standard InChI is InChI=1S/C14H18N2O3/c1-10(16-18)12-4-2-3-5-13(12)15-14(17)11-6-8-19-9-7-11/h2-5,11,18H,6-9H2,1H3,(H,15,17)/b16-10-. The molecular formula is C14H18N2O3. The first-order valence-electron chi connectivity index (χ1n) is 6.39. The van der Waals surface area contributed by atoms with E-state index < -0.39 is 0 Å². The van der Waals surface area contributed by atoms with Crippen molar-refractivity contribution >= 4 is 17.3 Å². The summed E-state index contributed by atoms with van der Waals surface area (Å²) >= 11 is 0. The van der Waals surface area contributed by atoms with E-state index in [0.717, 1.165) is 18.4 Å². The van der Waals surface area contributed by atoms with Gasteiger partial charge in [-0.25, -0.2) is 0 Å². The number of amides is 1. The highest BCUT2D eigenvalue weighted by Crippen LogP contribution is 2.20. The van der Waals surface area contributed by atoms with Crippen molar-refractivity contribution < 1.29 is 14.7 Å². The van der Waals surface area contributed by atoms with Crippen LogP contribution in [0.25, 0.3) is 0 Å². The molecule has 1 heterocycles. The van der Waals surface area contributed by atoms with Crippen LogP contribution in [-0.4, -0.2) is 30.0 Å². The van der Waals surface area contributed by atoms with Crippen molar-refractivity contribution in [2.24, 2.45) is 11.1 Å². The maximum Gasteiger partial charge on any atom is 0.227 e. The normalized spacial score (nSPS) is 17.2. The van der Waals surface area contributed by atoms with Gasteiger partial charge in [0.2, 0.25) is 5.91 Å². The van der Waals surface area contributed by atoms with E-state index in [1.54, 1.807) is 13.0 Å². The molecule has 0 aliphatic carbocycles. The van der Waals surface area contributed by atoms with E-state index in [-0.39, 0.29) is 11.8 Å². The molecular weight excluding hydrogens is 244 g/mol. The van der Waals surface area contributed by atoms with Gasteiger partial charge in [-0.1, -0.05) is 23.4 Å². The van der Waals surface area contributed by atoms with Crippen LogP contribution in [0.2, 0.25) is 0 Å². The zero-order valence-electron chi connectivity index (χ0n) is 10.9. The molecule has 1 amide bonds. The van der Waals surface area contributed by atoms with E-state index in [9.17, 15) is 4.79 Å². The molecule has 0 radical (unpaired) electrons. The van der Waals surface area contributed by atoms with Crippen molar-refractivity contribution in [1.82, 2.24) is 0 Å². The number of para-hydroxylation sites is 1. The molecule has 5 heteroatoms. The quantitative estimate of drug-likeness (QED) is 0.498. The van der Waals surface area contributed by atoms with E-state index >= 15 is 0 Å². The second-order valence-electron chi connectivity index (χ2n) is 4.61. The van der Waals surface area contributed by atoms with Crippen LogP contribution in [0.3, 0.4) is 0 Å². The Kier molecular flexibility index (Phi) is 4.52. The van der Waals surface area contributed by atoms with Crippen LogP contribution in [0, 0.1) is 5.92 Å². The largest absolute Gasteiger partial charge is 0.411 e. The Labute approximate surface area is 112 Å². The Morgan fingerprint density at radius 2 is 2.05 bits per heavy atom. The molecule has 0 unspecified atom stereocenters. The number of ether oxygens (including phenoxy) is 1. The Morgan fingerprint density at radius 3 is 2.74 bits per heavy atom. The van der Waals surface area contributed by atoms with Crippen LogP contribution in [0.5, 0.6) is 0 Å². The predicted octanol–water partition coefficient (Wildman–Crippen LogP) is 2.25. The van der Waals surface area contributed by atoms with Gasteiger partial charge >= 0.3 is 0 Å². The van der Waals surface area contributed by atoms with Gasteiger partial charge in [0.05, 0.1) is 5.71 Å². The fourth-order valence-corrected chi connectivity index (χ4v) is 2.16. The molecule has 1 aliphatic heterocycles. The third-order valence-corrected chi connectivity index (χ3v) is 3.32. The molecule has 0 saturated carbocycles. The van der Waals surface area contributed by atoms with Crippen molar-refractivity contribution in [1.29, 1.82) is 0 Å². The number of hydrogen-bond donors (Lipinski definition) is 2. The summed E-state index contributed by atoms with van der Waals surface area (Å²) in [6.07, 6.45) is 1.50. The molecule has 0 spiro atoms. The highest BCUT2D eigenvalue weighted by atomic mass is 16.5. The number of benzene rings is 1. The summed E-state index contributed by atoms with van der Waals surface area (Å²) in [4.78, 5) is 12.2. The predicted molar refractivity (Wildman–Crippen MR) is 72.6 cm³/mol. The first-order chi connectivity index (χ1) is 9.22. The summed E-state index contributed by atoms with van der Waals surface area (Å²) in [5, 5.41) is 14.9. The fraction of sp³-hybridized carbons (Fsp3) is 0.429. The Hall–Kier alpha value is -1.88. The number of hydrogen-bond acceptors (Lipinski definition) is 4. The molecule has 1 saturated heterocycles. The number of carbonyl (C=O) groups excluding carboxylic acids is 1. The Bertz CT molecular complexity index is 479. The average Bonchev–Trinajstić information content (AvgIpc) is 2.48. The minimum atomic E-state index is -0.00632. The van der Waals surface area contributed by atoms with Gasteiger partial charge in [0.25, 0.3) is 0 Å². The smallest absolute Gasteiger partial charge is 0.227 e. The minimum Gasteiger partial charge on any atom is -0.411 e. The van der Waals surface area contributed by atoms with E-state index in [2.05, 4.69) is 10.5 Å². The van der Waals surface area contributed by atoms with Crippen LogP contribution >= 0.6 is 0 Å². The van der Waals surface area contributed by atoms with Gasteiger partial charge in [0.15, 0.2) is 0 Å². The highest BCUT2D eigenvalue weighted by molar-refractivity contribution is 6.06. The zero-order chi connectivity index (χ0) is 13.7. The molecule has 2 rings (SSSR count). The van der Waals surface area contributed by atoms with Crippen LogP contribution < -0.4 is 5.32 Å². The lowest BCUT2D eigenvalue weighted by molar-refractivity contribution is -0.122. The highest BCUT2D eigenvalue weighted by Gasteiger charge is 2.22. The summed E-state index contributed by atoms with van der Waals surface area (Å²) in [7, 11) is 0. The van der Waals surface area contributed by atoms with E-state index in [1.807, 2.05) is 18.2 Å². The molecule has 102 valence electrons. The van der Waals surface area contributed by atoms with Gasteiger partial charge in [0, 0.05) is 30.4 Å². The molecule has 1 aromatic rings. The summed E-state index contributed by atoms with van der Waals surface area (Å²) in [6.45, 7) is 2.97. The summed E-state index contributed by atoms with van der Waals surface area (Å²) in [5.74, 6) is -0.00494. The number of oxime groups is 1. The molecule has 0 bridgehead atoms. The van der Waals surface area contributed by atoms with Gasteiger partial charge in [-0.2, -0.15) is 0 Å². The maximum absolute atomic E-state index is 12.2. The van der Waals surface area contributed by atoms with Crippen molar-refractivity contribution in [3.05, 3.63) is 29.8 Å². The summed E-state index contributed by atoms with van der Waals surface area (Å²) < 4.78 is 5.25. The lowest BCUT2D eigenvalue weighted by atomic mass is 9.99. The summed E-state index contributed by atoms with van der Waals surface area (Å²) in [5.41, 5.74) is 1.88. The van der Waals surface area contributed by atoms with E-state index in [1.165, 1.54) is 0 Å². The average molecular weight is 262 g/mol. The lowest BCUT2D eigenvalue weighted by Gasteiger charge is -2.21. The molecule has 2 N–H and O–H groups in total. The third kappa shape index (κ3) is 3.32. The van der Waals surface area contributed by atoms with Crippen LogP contribution in [0.15, 0.2) is 29.4 Å². The van der Waals surface area contributed by atoms with Gasteiger partial charge in [-0.15, -0.1) is 0 Å². The number of nitrogens with one attached hydrogen (secondary N) is 1. The van der Waals surface area contributed by atoms with Crippen molar-refractivity contribution in [2.75, 3.05) is 18.5 Å². The topological polar surface area (TPSA) is 70.9 Å². The zero-order valence-corrected chi connectivity index (χ0v) is 10.9. The number of nitrogens with zero attached hydrogens (tertiary/aromatic N) is 1. The second kappa shape index (κ2) is 6.33. The van der Waals surface area contributed by atoms with Gasteiger partial charge in [-0.05, 0) is 25.8 Å². The second-order valence-corrected chi connectivity index (χ2v) is 4.61. The number of carbonyl (C=O) groups is 1. The first-order valence-corrected chi connectivity index (χ1v) is 6.39. The lowest BCUT2D eigenvalue weighted by Crippen LogP contribution is -2.29. The van der Waals surface area contributed by atoms with Gasteiger partial charge < -0.3 is 15.3 Å². The summed E-state index contributed by atoms with van der Waals surface area (Å²) in [6, 6.07) is 7.30. The van der Waals surface area contributed by atoms with Gasteiger partial charge in [0.1, 0.15) is 0 Å². The van der Waals surface area contributed by atoms with Crippen LogP contribution in [0.1, 0.15) is 25.3 Å². The monoisotopic (exact) mass is 262 g/mol. The molecule has 1 aromatic carbocycles. The Morgan fingerprint density at radius 1 is 1.37 bits per heavy atom. The van der Waals surface area contributed by atoms with E-state index in [0.29, 0.717) is 24.6 Å². The molecule has 0 aromatic heterocycles. The molecule has 1 aliphatic rings. The van der Waals surface area contributed by atoms with Crippen LogP contribution in [-0.2, 0) is 9.53 Å². The van der Waals surface area contributed by atoms with Gasteiger partial charge in [-0.3, -0.25) is 4.79 Å². The van der Waals surface area contributed by atoms with Crippen molar-refractivity contribution in [3.8, 4) is 0 Å². The maximum atomic E-state index is 12.2.